The standard InChI is InChI=1S/Mg.H2O4S.Ti/c;1-5(2,3)4;/h;(H2,1,2,3,4);/q+2;;/p-2. The van der Waals surface area contributed by atoms with E-state index in [4.69, 9.17) is 17.5 Å². The van der Waals surface area contributed by atoms with Gasteiger partial charge in [-0.05, 0) is 0 Å². The van der Waals surface area contributed by atoms with Crippen LogP contribution in [0.5, 0.6) is 0 Å². The Balaban J connectivity index is -0.0000000800. The van der Waals surface area contributed by atoms with Gasteiger partial charge in [0.1, 0.15) is 0 Å². The number of hydrogen-bond acceptors (Lipinski definition) is 4. The average Bonchev–Trinajstić information content (AvgIpc) is 0.722. The maximum atomic E-state index is 8.52. The molecule has 0 saturated heterocycles. The minimum absolute atomic E-state index is 0. The zero-order valence-corrected chi connectivity index (χ0v) is 7.04. The molecule has 7 heavy (non-hydrogen) atoms. The largest absolute Gasteiger partial charge is 2.00 e. The van der Waals surface area contributed by atoms with Crippen molar-refractivity contribution in [2.45, 2.75) is 0 Å². The quantitative estimate of drug-likeness (QED) is 0.245. The molecule has 0 heterocycles. The van der Waals surface area contributed by atoms with Crippen molar-refractivity contribution in [1.82, 2.24) is 0 Å². The molecule has 0 unspecified atom stereocenters. The van der Waals surface area contributed by atoms with E-state index in [1.54, 1.807) is 0 Å². The van der Waals surface area contributed by atoms with Crippen LogP contribution in [0.1, 0.15) is 0 Å². The van der Waals surface area contributed by atoms with Crippen molar-refractivity contribution in [3.63, 3.8) is 0 Å². The molecule has 0 spiro atoms. The van der Waals surface area contributed by atoms with Gasteiger partial charge in [-0.25, -0.2) is 0 Å². The Morgan fingerprint density at radius 3 is 1.14 bits per heavy atom. The molecule has 7 heteroatoms. The minimum atomic E-state index is -5.17. The summed E-state index contributed by atoms with van der Waals surface area (Å²) in [6, 6.07) is 0. The second-order valence-electron chi connectivity index (χ2n) is 0.408. The van der Waals surface area contributed by atoms with Crippen LogP contribution in [0.3, 0.4) is 0 Å². The molecule has 0 N–H and O–H groups in total. The summed E-state index contributed by atoms with van der Waals surface area (Å²) in [6.07, 6.45) is 0. The van der Waals surface area contributed by atoms with Crippen molar-refractivity contribution in [2.75, 3.05) is 0 Å². The van der Waals surface area contributed by atoms with Crippen molar-refractivity contribution >= 4 is 33.5 Å². The Kier molecular flexibility index (Phi) is 12.4. The zero-order chi connectivity index (χ0) is 4.50. The fourth-order valence-corrected chi connectivity index (χ4v) is 0. The topological polar surface area (TPSA) is 80.3 Å². The Morgan fingerprint density at radius 2 is 1.14 bits per heavy atom. The first-order valence-corrected chi connectivity index (χ1v) is 2.00. The SMILES string of the molecule is O=S(=O)([O-])[O-].[Mg+2].[Ti]. The molecule has 0 rings (SSSR count). The molecule has 0 aromatic heterocycles. The van der Waals surface area contributed by atoms with Crippen LogP contribution in [0.2, 0.25) is 0 Å². The summed E-state index contributed by atoms with van der Waals surface area (Å²) in [4.78, 5) is 0. The number of hydrogen-bond donors (Lipinski definition) is 0. The van der Waals surface area contributed by atoms with E-state index in [-0.39, 0.29) is 44.8 Å². The summed E-state index contributed by atoms with van der Waals surface area (Å²) in [5, 5.41) is 0. The molecule has 0 aliphatic heterocycles. The van der Waals surface area contributed by atoms with Crippen LogP contribution < -0.4 is 0 Å². The molecule has 0 bridgehead atoms. The van der Waals surface area contributed by atoms with Gasteiger partial charge in [0.2, 0.25) is 0 Å². The fourth-order valence-electron chi connectivity index (χ4n) is 0. The molecule has 0 aliphatic carbocycles. The Bertz CT molecular complexity index is 94.9. The van der Waals surface area contributed by atoms with Gasteiger partial charge in [0.15, 0.2) is 0 Å². The summed E-state index contributed by atoms with van der Waals surface area (Å²) < 4.78 is 34.1. The maximum absolute atomic E-state index is 8.52. The minimum Gasteiger partial charge on any atom is -0.759 e. The van der Waals surface area contributed by atoms with Gasteiger partial charge >= 0.3 is 23.1 Å². The fraction of sp³-hybridized carbons (Fsp3) is 0. The zero-order valence-electron chi connectivity index (χ0n) is 3.25. The first-order valence-electron chi connectivity index (χ1n) is 0.667. The van der Waals surface area contributed by atoms with E-state index >= 15 is 0 Å². The van der Waals surface area contributed by atoms with E-state index in [9.17, 15) is 0 Å². The summed E-state index contributed by atoms with van der Waals surface area (Å²) in [7, 11) is -5.17. The molecule has 36 valence electrons. The molecule has 0 aromatic rings. The first-order chi connectivity index (χ1) is 2.00. The molecule has 0 aliphatic rings. The normalized spacial score (nSPS) is 8.29. The number of rotatable bonds is 0. The van der Waals surface area contributed by atoms with E-state index in [0.717, 1.165) is 0 Å². The summed E-state index contributed by atoms with van der Waals surface area (Å²) in [5.74, 6) is 0. The molecule has 0 aromatic carbocycles. The van der Waals surface area contributed by atoms with E-state index in [0.29, 0.717) is 0 Å². The Hall–Kier alpha value is 1.35. The van der Waals surface area contributed by atoms with Crippen molar-refractivity contribution in [2.24, 2.45) is 0 Å². The van der Waals surface area contributed by atoms with Gasteiger partial charge in [-0.2, -0.15) is 0 Å². The molecule has 4 nitrogen and oxygen atoms in total. The molecule has 0 fully saturated rings. The summed E-state index contributed by atoms with van der Waals surface area (Å²) >= 11 is 0. The Labute approximate surface area is 72.3 Å². The van der Waals surface area contributed by atoms with Crippen molar-refractivity contribution < 1.29 is 39.2 Å². The van der Waals surface area contributed by atoms with Crippen LogP contribution in [0.15, 0.2) is 0 Å². The average molecular weight is 168 g/mol. The third-order valence-corrected chi connectivity index (χ3v) is 0. The Morgan fingerprint density at radius 1 is 1.14 bits per heavy atom. The smallest absolute Gasteiger partial charge is 0.759 e. The van der Waals surface area contributed by atoms with Gasteiger partial charge < -0.3 is 9.11 Å². The summed E-state index contributed by atoms with van der Waals surface area (Å²) in [6.45, 7) is 0. The van der Waals surface area contributed by atoms with E-state index in [1.807, 2.05) is 0 Å². The third-order valence-electron chi connectivity index (χ3n) is 0. The van der Waals surface area contributed by atoms with Gasteiger partial charge in [-0.1, -0.05) is 0 Å². The van der Waals surface area contributed by atoms with Crippen LogP contribution >= 0.6 is 0 Å². The van der Waals surface area contributed by atoms with Crippen molar-refractivity contribution in [1.29, 1.82) is 0 Å². The van der Waals surface area contributed by atoms with Gasteiger partial charge in [0.05, 0.1) is 0 Å². The van der Waals surface area contributed by atoms with E-state index in [1.165, 1.54) is 0 Å². The van der Waals surface area contributed by atoms with E-state index in [2.05, 4.69) is 0 Å². The van der Waals surface area contributed by atoms with Gasteiger partial charge in [0.25, 0.3) is 0 Å². The monoisotopic (exact) mass is 168 g/mol. The van der Waals surface area contributed by atoms with Crippen molar-refractivity contribution in [3.8, 4) is 0 Å². The van der Waals surface area contributed by atoms with Gasteiger partial charge in [0, 0.05) is 32.1 Å². The van der Waals surface area contributed by atoms with Gasteiger partial charge in [-0.15, -0.1) is 0 Å². The predicted octanol–water partition coefficient (Wildman–Crippen LogP) is -1.72. The molecular formula is MgO4STi. The van der Waals surface area contributed by atoms with Crippen LogP contribution in [0, 0.1) is 0 Å². The molecule has 0 saturated carbocycles. The van der Waals surface area contributed by atoms with Crippen LogP contribution in [0.25, 0.3) is 0 Å². The second-order valence-corrected chi connectivity index (χ2v) is 1.22. The van der Waals surface area contributed by atoms with Crippen LogP contribution in [-0.4, -0.2) is 40.6 Å². The summed E-state index contributed by atoms with van der Waals surface area (Å²) in [5.41, 5.74) is 0. The van der Waals surface area contributed by atoms with Crippen molar-refractivity contribution in [3.05, 3.63) is 0 Å². The maximum Gasteiger partial charge on any atom is 2.00 e. The third kappa shape index (κ3) is 115. The molecule has 0 atom stereocenters. The second kappa shape index (κ2) is 5.49. The van der Waals surface area contributed by atoms with Crippen LogP contribution in [-0.2, 0) is 32.1 Å². The van der Waals surface area contributed by atoms with E-state index < -0.39 is 10.4 Å². The van der Waals surface area contributed by atoms with Gasteiger partial charge in [-0.3, -0.25) is 8.42 Å². The molecule has 0 radical (unpaired) electrons. The molecule has 0 amide bonds. The first kappa shape index (κ1) is 15.8. The molecular weight excluding hydrogens is 168 g/mol. The predicted molar refractivity (Wildman–Crippen MR) is 16.2 cm³/mol. The van der Waals surface area contributed by atoms with Crippen LogP contribution in [0.4, 0.5) is 0 Å².